The van der Waals surface area contributed by atoms with Gasteiger partial charge >= 0.3 is 0 Å². The van der Waals surface area contributed by atoms with Crippen molar-refractivity contribution in [2.75, 3.05) is 0 Å². The van der Waals surface area contributed by atoms with Crippen LogP contribution in [0, 0.1) is 11.8 Å². The third-order valence-corrected chi connectivity index (χ3v) is 9.70. The molecule has 5 atom stereocenters. The summed E-state index contributed by atoms with van der Waals surface area (Å²) in [5.74, 6) is 3.30. The zero-order chi connectivity index (χ0) is 28.4. The number of hydrogen-bond donors (Lipinski definition) is 1. The Labute approximate surface area is 251 Å². The first kappa shape index (κ1) is 24.5. The number of nitrogens with zero attached hydrogens (tertiary/aromatic N) is 1. The van der Waals surface area contributed by atoms with Crippen molar-refractivity contribution in [1.29, 1.82) is 0 Å². The lowest BCUT2D eigenvalue weighted by atomic mass is 9.61. The zero-order valence-corrected chi connectivity index (χ0v) is 23.6. The second-order valence-corrected chi connectivity index (χ2v) is 11.9. The highest BCUT2D eigenvalue weighted by atomic mass is 16.5. The quantitative estimate of drug-likeness (QED) is 0.274. The first-order valence-electron chi connectivity index (χ1n) is 15.1. The molecule has 43 heavy (non-hydrogen) atoms. The molecule has 0 saturated heterocycles. The Bertz CT molecular complexity index is 1920. The molecule has 4 heteroatoms. The summed E-state index contributed by atoms with van der Waals surface area (Å²) in [5.41, 5.74) is 11.5. The van der Waals surface area contributed by atoms with Gasteiger partial charge in [-0.1, -0.05) is 121 Å². The topological polar surface area (TPSA) is 42.8 Å². The van der Waals surface area contributed by atoms with Crippen LogP contribution in [0.2, 0.25) is 0 Å². The highest BCUT2D eigenvalue weighted by Gasteiger charge is 2.56. The van der Waals surface area contributed by atoms with E-state index in [4.69, 9.17) is 9.47 Å². The van der Waals surface area contributed by atoms with Gasteiger partial charge in [-0.25, -0.2) is 0 Å². The molecule has 0 bridgehead atoms. The summed E-state index contributed by atoms with van der Waals surface area (Å²) in [6, 6.07) is 34.5. The number of fused-ring (bicyclic) bond motifs is 9. The van der Waals surface area contributed by atoms with Crippen LogP contribution in [0.5, 0.6) is 11.5 Å². The Kier molecular flexibility index (Phi) is 5.39. The Morgan fingerprint density at radius 1 is 0.744 bits per heavy atom. The van der Waals surface area contributed by atoms with Gasteiger partial charge in [0.25, 0.3) is 0 Å². The summed E-state index contributed by atoms with van der Waals surface area (Å²) in [7, 11) is 0. The lowest BCUT2D eigenvalue weighted by Crippen LogP contribution is -2.37. The summed E-state index contributed by atoms with van der Waals surface area (Å²) in [6.07, 6.45) is 16.5. The molecule has 0 fully saturated rings. The highest BCUT2D eigenvalue weighted by Crippen LogP contribution is 2.64. The minimum Gasteiger partial charge on any atom is -0.457 e. The molecular weight excluding hydrogens is 528 g/mol. The number of hydrazone groups is 1. The minimum absolute atomic E-state index is 0.103. The largest absolute Gasteiger partial charge is 0.457 e. The van der Waals surface area contributed by atoms with Gasteiger partial charge in [-0.3, -0.25) is 5.43 Å². The first-order valence-corrected chi connectivity index (χ1v) is 15.1. The molecular formula is C39H30N2O2. The molecule has 1 spiro atoms. The van der Waals surface area contributed by atoms with Crippen molar-refractivity contribution >= 4 is 11.5 Å². The number of para-hydroxylation sites is 1. The maximum atomic E-state index is 6.61. The van der Waals surface area contributed by atoms with Gasteiger partial charge in [0, 0.05) is 28.5 Å². The lowest BCUT2D eigenvalue weighted by Gasteiger charge is -2.43. The van der Waals surface area contributed by atoms with E-state index in [1.165, 1.54) is 33.4 Å². The molecule has 208 valence electrons. The molecule has 9 rings (SSSR count). The predicted molar refractivity (Wildman–Crippen MR) is 170 cm³/mol. The molecule has 0 radical (unpaired) electrons. The number of ether oxygens (including phenoxy) is 2. The van der Waals surface area contributed by atoms with Gasteiger partial charge in [-0.05, 0) is 46.9 Å². The number of benzene rings is 4. The summed E-state index contributed by atoms with van der Waals surface area (Å²) in [5, 5.41) is 4.54. The fraction of sp³-hybridized carbons (Fsp3) is 0.154. The van der Waals surface area contributed by atoms with E-state index in [9.17, 15) is 0 Å². The second-order valence-electron chi connectivity index (χ2n) is 11.9. The Hall–Kier alpha value is -5.09. The van der Waals surface area contributed by atoms with Gasteiger partial charge in [0.2, 0.25) is 12.1 Å². The maximum absolute atomic E-state index is 6.61. The van der Waals surface area contributed by atoms with E-state index in [-0.39, 0.29) is 23.5 Å². The molecule has 2 heterocycles. The van der Waals surface area contributed by atoms with E-state index in [2.05, 4.69) is 132 Å². The van der Waals surface area contributed by atoms with Crippen LogP contribution in [-0.2, 0) is 10.2 Å². The molecule has 0 aromatic heterocycles. The molecule has 4 aromatic carbocycles. The lowest BCUT2D eigenvalue weighted by molar-refractivity contribution is 0.182. The number of nitrogens with one attached hydrogen (secondary N) is 1. The zero-order valence-electron chi connectivity index (χ0n) is 23.6. The van der Waals surface area contributed by atoms with Crippen molar-refractivity contribution in [2.45, 2.75) is 24.0 Å². The normalized spacial score (nSPS) is 27.2. The van der Waals surface area contributed by atoms with Crippen LogP contribution in [0.15, 0.2) is 145 Å². The maximum Gasteiger partial charge on any atom is 0.215 e. The fourth-order valence-electron chi connectivity index (χ4n) is 7.80. The van der Waals surface area contributed by atoms with Crippen LogP contribution >= 0.6 is 0 Å². The molecule has 4 nitrogen and oxygen atoms in total. The van der Waals surface area contributed by atoms with Crippen molar-refractivity contribution in [2.24, 2.45) is 16.9 Å². The average Bonchev–Trinajstić information content (AvgIpc) is 3.69. The molecule has 3 aliphatic carbocycles. The molecule has 5 unspecified atom stereocenters. The van der Waals surface area contributed by atoms with Crippen molar-refractivity contribution in [3.63, 3.8) is 0 Å². The molecule has 1 N–H and O–H groups in total. The molecule has 4 aromatic rings. The number of rotatable bonds is 3. The van der Waals surface area contributed by atoms with Crippen molar-refractivity contribution in [1.82, 2.24) is 5.43 Å². The van der Waals surface area contributed by atoms with E-state index in [0.717, 1.165) is 29.4 Å². The summed E-state index contributed by atoms with van der Waals surface area (Å²) >= 11 is 0. The Morgan fingerprint density at radius 2 is 1.53 bits per heavy atom. The molecule has 0 saturated carbocycles. The van der Waals surface area contributed by atoms with E-state index in [1.807, 2.05) is 18.2 Å². The van der Waals surface area contributed by atoms with E-state index in [1.54, 1.807) is 0 Å². The third kappa shape index (κ3) is 3.59. The van der Waals surface area contributed by atoms with Crippen LogP contribution in [0.3, 0.4) is 0 Å². The van der Waals surface area contributed by atoms with Gasteiger partial charge in [0.05, 0.1) is 11.3 Å². The van der Waals surface area contributed by atoms with E-state index in [0.29, 0.717) is 5.92 Å². The summed E-state index contributed by atoms with van der Waals surface area (Å²) < 4.78 is 12.8. The van der Waals surface area contributed by atoms with Gasteiger partial charge in [0.1, 0.15) is 11.5 Å². The third-order valence-electron chi connectivity index (χ3n) is 9.70. The van der Waals surface area contributed by atoms with Crippen LogP contribution < -0.4 is 10.2 Å². The fourth-order valence-corrected chi connectivity index (χ4v) is 7.80. The Morgan fingerprint density at radius 3 is 2.42 bits per heavy atom. The van der Waals surface area contributed by atoms with Crippen LogP contribution in [-0.4, -0.2) is 5.90 Å². The van der Waals surface area contributed by atoms with Crippen molar-refractivity contribution < 1.29 is 9.47 Å². The van der Waals surface area contributed by atoms with Crippen LogP contribution in [0.4, 0.5) is 0 Å². The standard InChI is InChI=1S/C39H30N2O2/c1-2-10-26(11-3-1)37-40-41-38(43-37)27-20-18-25(19-21-27)28-22-23-36-34(24-28)39(33-16-8-9-17-35(33)42-36)31-14-6-4-12-29(31)30-13-5-7-15-32(30)39/h1-20,22-24,27,29,31,37,40H,21H2. The minimum atomic E-state index is -0.339. The van der Waals surface area contributed by atoms with Gasteiger partial charge < -0.3 is 9.47 Å². The smallest absolute Gasteiger partial charge is 0.215 e. The molecule has 0 amide bonds. The monoisotopic (exact) mass is 558 g/mol. The molecule has 5 aliphatic rings. The van der Waals surface area contributed by atoms with Crippen molar-refractivity contribution in [3.05, 3.63) is 173 Å². The second kappa shape index (κ2) is 9.47. The van der Waals surface area contributed by atoms with Gasteiger partial charge in [-0.15, -0.1) is 5.10 Å². The average molecular weight is 559 g/mol. The Balaban J connectivity index is 1.09. The summed E-state index contributed by atoms with van der Waals surface area (Å²) in [4.78, 5) is 0. The first-order chi connectivity index (χ1) is 21.3. The summed E-state index contributed by atoms with van der Waals surface area (Å²) in [6.45, 7) is 0. The van der Waals surface area contributed by atoms with E-state index >= 15 is 0 Å². The molecule has 2 aliphatic heterocycles. The predicted octanol–water partition coefficient (Wildman–Crippen LogP) is 8.56. The van der Waals surface area contributed by atoms with E-state index < -0.39 is 0 Å². The van der Waals surface area contributed by atoms with Gasteiger partial charge in [0.15, 0.2) is 0 Å². The van der Waals surface area contributed by atoms with Gasteiger partial charge in [-0.2, -0.15) is 0 Å². The SMILES string of the molecule is C1=CC2c3ccccc3C3(c4ccccc4Oc4ccc(C5=CCC(C6=NNC(c7ccccc7)O6)C=C5)cc43)C2C=C1. The van der Waals surface area contributed by atoms with Crippen LogP contribution in [0.1, 0.15) is 51.9 Å². The highest BCUT2D eigenvalue weighted by molar-refractivity contribution is 5.86. The van der Waals surface area contributed by atoms with Crippen LogP contribution in [0.25, 0.3) is 5.57 Å². The number of hydrogen-bond acceptors (Lipinski definition) is 4. The number of allylic oxidation sites excluding steroid dienone is 7. The van der Waals surface area contributed by atoms with Crippen molar-refractivity contribution in [3.8, 4) is 11.5 Å².